The summed E-state index contributed by atoms with van der Waals surface area (Å²) in [6, 6.07) is 6.49. The average molecular weight is 327 g/mol. The molecule has 24 heavy (non-hydrogen) atoms. The second kappa shape index (κ2) is 8.11. The molecule has 1 N–H and O–H groups in total. The molecule has 0 aliphatic heterocycles. The highest BCUT2D eigenvalue weighted by molar-refractivity contribution is 5.77. The molecule has 1 aromatic carbocycles. The number of tetrazole rings is 1. The van der Waals surface area contributed by atoms with Gasteiger partial charge in [0, 0.05) is 18.0 Å². The average Bonchev–Trinajstić information content (AvgIpc) is 2.97. The third kappa shape index (κ3) is 4.56. The maximum Gasteiger partial charge on any atom is 0.231 e. The lowest BCUT2D eigenvalue weighted by atomic mass is 10.1. The van der Waals surface area contributed by atoms with Crippen molar-refractivity contribution in [3.63, 3.8) is 0 Å². The Kier molecular flexibility index (Phi) is 5.90. The van der Waals surface area contributed by atoms with Gasteiger partial charge in [-0.2, -0.15) is 4.80 Å². The Bertz CT molecular complexity index is 763. The minimum atomic E-state index is -0.0922. The van der Waals surface area contributed by atoms with Crippen LogP contribution in [0.15, 0.2) is 12.1 Å². The van der Waals surface area contributed by atoms with E-state index in [4.69, 9.17) is 4.74 Å². The predicted octanol–water partition coefficient (Wildman–Crippen LogP) is 1.75. The first-order valence-corrected chi connectivity index (χ1v) is 7.70. The summed E-state index contributed by atoms with van der Waals surface area (Å²) in [5.74, 6) is 3.95. The Labute approximate surface area is 141 Å². The molecule has 1 amide bonds. The number of nitrogens with one attached hydrogen (secondary N) is 1. The third-order valence-electron chi connectivity index (χ3n) is 3.35. The zero-order valence-electron chi connectivity index (χ0n) is 14.4. The van der Waals surface area contributed by atoms with E-state index < -0.39 is 0 Å². The normalized spacial score (nSPS) is 10.0. The van der Waals surface area contributed by atoms with Crippen LogP contribution in [0.1, 0.15) is 30.9 Å². The molecule has 0 spiro atoms. The molecule has 7 heteroatoms. The number of hydrogen-bond acceptors (Lipinski definition) is 5. The number of hydrogen-bond donors (Lipinski definition) is 1. The van der Waals surface area contributed by atoms with Crippen molar-refractivity contribution in [2.24, 2.45) is 7.05 Å². The van der Waals surface area contributed by atoms with Gasteiger partial charge in [0.05, 0.1) is 13.7 Å². The third-order valence-corrected chi connectivity index (χ3v) is 3.35. The summed E-state index contributed by atoms with van der Waals surface area (Å²) < 4.78 is 5.84. The second-order valence-corrected chi connectivity index (χ2v) is 5.42. The summed E-state index contributed by atoms with van der Waals surface area (Å²) in [4.78, 5) is 12.9. The van der Waals surface area contributed by atoms with Gasteiger partial charge in [0.15, 0.2) is 0 Å². The van der Waals surface area contributed by atoms with Crippen molar-refractivity contribution in [1.82, 2.24) is 25.5 Å². The Morgan fingerprint density at radius 2 is 2.04 bits per heavy atom. The molecule has 0 bridgehead atoms. The topological polar surface area (TPSA) is 81.9 Å². The van der Waals surface area contributed by atoms with E-state index in [0.29, 0.717) is 25.3 Å². The molecule has 126 valence electrons. The minimum absolute atomic E-state index is 0.0922. The van der Waals surface area contributed by atoms with Gasteiger partial charge in [0.2, 0.25) is 11.7 Å². The molecule has 2 aromatic rings. The Morgan fingerprint density at radius 1 is 1.33 bits per heavy atom. The van der Waals surface area contributed by atoms with Gasteiger partial charge in [-0.05, 0) is 55.7 Å². The van der Waals surface area contributed by atoms with E-state index in [9.17, 15) is 4.79 Å². The van der Waals surface area contributed by atoms with Gasteiger partial charge >= 0.3 is 0 Å². The van der Waals surface area contributed by atoms with E-state index in [-0.39, 0.29) is 5.91 Å². The molecule has 0 saturated carbocycles. The number of carbonyl (C=O) groups excluding carboxylic acids is 1. The van der Waals surface area contributed by atoms with E-state index in [1.54, 1.807) is 14.0 Å². The molecule has 0 aliphatic rings. The van der Waals surface area contributed by atoms with Crippen LogP contribution in [0.2, 0.25) is 0 Å². The highest BCUT2D eigenvalue weighted by atomic mass is 16.5. The van der Waals surface area contributed by atoms with Gasteiger partial charge in [-0.15, -0.1) is 10.2 Å². The standard InChI is InChI=1S/C17H21N5O2/c1-5-8-18-15(23)7-6-9-24-16-12(2)10-14(11-13(16)3)17-19-21-22(4)20-17/h10-11H,6-7,9H2,1-4H3,(H,18,23). The van der Waals surface area contributed by atoms with Crippen molar-refractivity contribution < 1.29 is 9.53 Å². The molecule has 0 saturated heterocycles. The number of benzene rings is 1. The molecule has 1 heterocycles. The molecule has 7 nitrogen and oxygen atoms in total. The van der Waals surface area contributed by atoms with Crippen molar-refractivity contribution in [1.29, 1.82) is 0 Å². The van der Waals surface area contributed by atoms with Gasteiger partial charge in [0.1, 0.15) is 5.75 Å². The van der Waals surface area contributed by atoms with Crippen LogP contribution >= 0.6 is 0 Å². The first-order valence-electron chi connectivity index (χ1n) is 7.70. The number of aryl methyl sites for hydroxylation is 3. The lowest BCUT2D eigenvalue weighted by Crippen LogP contribution is -2.18. The first-order chi connectivity index (χ1) is 11.5. The van der Waals surface area contributed by atoms with Crippen molar-refractivity contribution in [3.8, 4) is 29.1 Å². The van der Waals surface area contributed by atoms with Crippen LogP contribution in [0.4, 0.5) is 0 Å². The largest absolute Gasteiger partial charge is 0.493 e. The number of carbonyl (C=O) groups is 1. The van der Waals surface area contributed by atoms with Crippen molar-refractivity contribution in [3.05, 3.63) is 23.3 Å². The van der Waals surface area contributed by atoms with Crippen LogP contribution in [0.5, 0.6) is 5.75 Å². The van der Waals surface area contributed by atoms with Crippen LogP contribution in [-0.4, -0.2) is 32.7 Å². The van der Waals surface area contributed by atoms with Crippen molar-refractivity contribution in [2.45, 2.75) is 33.6 Å². The first kappa shape index (κ1) is 17.5. The van der Waals surface area contributed by atoms with Crippen LogP contribution in [0.25, 0.3) is 11.4 Å². The number of rotatable bonds is 6. The Hall–Kier alpha value is -2.88. The van der Waals surface area contributed by atoms with E-state index >= 15 is 0 Å². The van der Waals surface area contributed by atoms with Crippen LogP contribution < -0.4 is 10.1 Å². The summed E-state index contributed by atoms with van der Waals surface area (Å²) in [5.41, 5.74) is 2.90. The maximum atomic E-state index is 11.5. The molecule has 0 aliphatic carbocycles. The number of amides is 1. The minimum Gasteiger partial charge on any atom is -0.493 e. The fourth-order valence-electron chi connectivity index (χ4n) is 2.31. The fraction of sp³-hybridized carbons (Fsp3) is 0.412. The summed E-state index contributed by atoms with van der Waals surface area (Å²) in [7, 11) is 1.73. The van der Waals surface area contributed by atoms with E-state index in [1.807, 2.05) is 26.0 Å². The zero-order valence-corrected chi connectivity index (χ0v) is 14.4. The van der Waals surface area contributed by atoms with Crippen LogP contribution in [-0.2, 0) is 11.8 Å². The van der Waals surface area contributed by atoms with E-state index in [0.717, 1.165) is 22.4 Å². The molecule has 2 rings (SSSR count). The smallest absolute Gasteiger partial charge is 0.231 e. The molecular weight excluding hydrogens is 306 g/mol. The highest BCUT2D eigenvalue weighted by Gasteiger charge is 2.11. The summed E-state index contributed by atoms with van der Waals surface area (Å²) in [6.07, 6.45) is 1.01. The van der Waals surface area contributed by atoms with Gasteiger partial charge in [-0.25, -0.2) is 0 Å². The lowest BCUT2D eigenvalue weighted by molar-refractivity contribution is -0.120. The molecule has 0 unspecified atom stereocenters. The lowest BCUT2D eigenvalue weighted by Gasteiger charge is -2.13. The summed E-state index contributed by atoms with van der Waals surface area (Å²) in [5, 5.41) is 14.6. The van der Waals surface area contributed by atoms with Gasteiger partial charge in [-0.3, -0.25) is 10.1 Å². The fourth-order valence-corrected chi connectivity index (χ4v) is 2.31. The number of nitrogens with zero attached hydrogens (tertiary/aromatic N) is 4. The number of ether oxygens (including phenoxy) is 1. The number of aromatic nitrogens is 4. The molecular formula is C17H21N5O2. The van der Waals surface area contributed by atoms with Crippen molar-refractivity contribution in [2.75, 3.05) is 6.61 Å². The van der Waals surface area contributed by atoms with Gasteiger partial charge in [0.25, 0.3) is 0 Å². The molecule has 1 aromatic heterocycles. The highest BCUT2D eigenvalue weighted by Crippen LogP contribution is 2.28. The SMILES string of the molecule is CC#CNC(=O)CCCOc1c(C)cc(-c2nnn(C)n2)cc1C. The molecule has 0 fully saturated rings. The van der Waals surface area contributed by atoms with Gasteiger partial charge in [-0.1, -0.05) is 5.92 Å². The second-order valence-electron chi connectivity index (χ2n) is 5.42. The Balaban J connectivity index is 1.96. The van der Waals surface area contributed by atoms with Crippen molar-refractivity contribution >= 4 is 5.91 Å². The molecule has 0 atom stereocenters. The molecule has 0 radical (unpaired) electrons. The Morgan fingerprint density at radius 3 is 2.62 bits per heavy atom. The van der Waals surface area contributed by atoms with Crippen LogP contribution in [0.3, 0.4) is 0 Å². The quantitative estimate of drug-likeness (QED) is 0.496. The van der Waals surface area contributed by atoms with Crippen LogP contribution in [0, 0.1) is 25.8 Å². The van der Waals surface area contributed by atoms with E-state index in [1.165, 1.54) is 4.80 Å². The zero-order chi connectivity index (χ0) is 17.5. The maximum absolute atomic E-state index is 11.5. The summed E-state index contributed by atoms with van der Waals surface area (Å²) >= 11 is 0. The van der Waals surface area contributed by atoms with E-state index in [2.05, 4.69) is 32.7 Å². The summed E-state index contributed by atoms with van der Waals surface area (Å²) in [6.45, 7) is 6.10. The van der Waals surface area contributed by atoms with Gasteiger partial charge < -0.3 is 4.74 Å². The predicted molar refractivity (Wildman–Crippen MR) is 90.0 cm³/mol. The monoisotopic (exact) mass is 327 g/mol.